The Morgan fingerprint density at radius 2 is 2.00 bits per heavy atom. The Hall–Kier alpha value is -1.81. The van der Waals surface area contributed by atoms with Gasteiger partial charge in [0.15, 0.2) is 0 Å². The molecule has 2 aromatic carbocycles. The molecule has 0 saturated carbocycles. The Kier molecular flexibility index (Phi) is 3.49. The zero-order chi connectivity index (χ0) is 14.1. The van der Waals surface area contributed by atoms with Crippen LogP contribution >= 0.6 is 15.9 Å². The molecule has 2 N–H and O–H groups in total. The maximum absolute atomic E-state index is 4.41. The molecule has 1 unspecified atom stereocenters. The van der Waals surface area contributed by atoms with Crippen LogP contribution in [0, 0.1) is 6.92 Å². The number of anilines is 1. The normalized spacial score (nSPS) is 12.6. The van der Waals surface area contributed by atoms with Gasteiger partial charge in [-0.15, -0.1) is 0 Å². The van der Waals surface area contributed by atoms with Crippen molar-refractivity contribution in [3.63, 3.8) is 0 Å². The van der Waals surface area contributed by atoms with Gasteiger partial charge in [0.25, 0.3) is 0 Å². The number of aryl methyl sites for hydroxylation is 1. The van der Waals surface area contributed by atoms with Gasteiger partial charge in [-0.3, -0.25) is 0 Å². The number of halogens is 1. The maximum atomic E-state index is 4.41. The molecule has 3 rings (SSSR count). The van der Waals surface area contributed by atoms with Crippen LogP contribution in [0.1, 0.15) is 24.4 Å². The third-order valence-electron chi connectivity index (χ3n) is 3.36. The monoisotopic (exact) mass is 329 g/mol. The molecule has 3 nitrogen and oxygen atoms in total. The first-order chi connectivity index (χ1) is 9.63. The van der Waals surface area contributed by atoms with Crippen molar-refractivity contribution < 1.29 is 0 Å². The van der Waals surface area contributed by atoms with E-state index in [0.29, 0.717) is 0 Å². The van der Waals surface area contributed by atoms with E-state index in [1.165, 1.54) is 5.56 Å². The van der Waals surface area contributed by atoms with Crippen molar-refractivity contribution in [2.24, 2.45) is 0 Å². The first kappa shape index (κ1) is 13.2. The lowest BCUT2D eigenvalue weighted by atomic mass is 10.1. The first-order valence-electron chi connectivity index (χ1n) is 6.61. The highest BCUT2D eigenvalue weighted by Crippen LogP contribution is 2.27. The van der Waals surface area contributed by atoms with E-state index < -0.39 is 0 Å². The van der Waals surface area contributed by atoms with Gasteiger partial charge in [0, 0.05) is 16.2 Å². The van der Waals surface area contributed by atoms with Gasteiger partial charge < -0.3 is 10.3 Å². The van der Waals surface area contributed by atoms with E-state index >= 15 is 0 Å². The summed E-state index contributed by atoms with van der Waals surface area (Å²) in [4.78, 5) is 7.68. The second-order valence-corrected chi connectivity index (χ2v) is 5.80. The summed E-state index contributed by atoms with van der Waals surface area (Å²) in [6, 6.07) is 14.7. The summed E-state index contributed by atoms with van der Waals surface area (Å²) in [6.07, 6.45) is 0. The van der Waals surface area contributed by atoms with Crippen LogP contribution in [0.4, 0.5) is 5.69 Å². The molecule has 0 aliphatic rings. The fourth-order valence-corrected chi connectivity index (χ4v) is 3.01. The minimum atomic E-state index is 0.229. The third kappa shape index (κ3) is 2.56. The number of nitrogens with zero attached hydrogens (tertiary/aromatic N) is 1. The lowest BCUT2D eigenvalue weighted by molar-refractivity contribution is 0.879. The van der Waals surface area contributed by atoms with E-state index in [2.05, 4.69) is 68.5 Å². The second-order valence-electron chi connectivity index (χ2n) is 4.94. The minimum Gasteiger partial charge on any atom is -0.378 e. The lowest BCUT2D eigenvalue weighted by Crippen LogP contribution is -2.07. The van der Waals surface area contributed by atoms with Crippen molar-refractivity contribution in [3.05, 3.63) is 58.3 Å². The van der Waals surface area contributed by atoms with E-state index in [1.54, 1.807) is 0 Å². The average molecular weight is 330 g/mol. The van der Waals surface area contributed by atoms with Gasteiger partial charge in [-0.25, -0.2) is 4.98 Å². The smallest absolute Gasteiger partial charge is 0.104 e. The van der Waals surface area contributed by atoms with Crippen LogP contribution in [0.5, 0.6) is 0 Å². The molecular weight excluding hydrogens is 314 g/mol. The topological polar surface area (TPSA) is 40.7 Å². The summed E-state index contributed by atoms with van der Waals surface area (Å²) >= 11 is 3.60. The fourth-order valence-electron chi connectivity index (χ4n) is 2.38. The molecule has 102 valence electrons. The Morgan fingerprint density at radius 3 is 2.80 bits per heavy atom. The molecule has 0 amide bonds. The Labute approximate surface area is 126 Å². The number of rotatable bonds is 3. The molecular formula is C16H16BrN3. The van der Waals surface area contributed by atoms with E-state index in [0.717, 1.165) is 27.0 Å². The second kappa shape index (κ2) is 5.29. The summed E-state index contributed by atoms with van der Waals surface area (Å²) in [5.74, 6) is 0.941. The Bertz CT molecular complexity index is 748. The molecule has 0 spiro atoms. The standard InChI is InChI=1S/C16H16BrN3/c1-10(13-5-3-4-6-14(13)17)18-12-7-8-15-16(9-12)20-11(2)19-15/h3-10,18H,1-2H3,(H,19,20). The van der Waals surface area contributed by atoms with E-state index in [9.17, 15) is 0 Å². The van der Waals surface area contributed by atoms with Crippen molar-refractivity contribution in [2.75, 3.05) is 5.32 Å². The van der Waals surface area contributed by atoms with Gasteiger partial charge in [0.2, 0.25) is 0 Å². The number of hydrogen-bond donors (Lipinski definition) is 2. The summed E-state index contributed by atoms with van der Waals surface area (Å²) in [5.41, 5.74) is 4.39. The van der Waals surface area contributed by atoms with Crippen LogP contribution in [0.15, 0.2) is 46.9 Å². The number of fused-ring (bicyclic) bond motifs is 1. The zero-order valence-electron chi connectivity index (χ0n) is 11.4. The lowest BCUT2D eigenvalue weighted by Gasteiger charge is -2.17. The molecule has 1 heterocycles. The van der Waals surface area contributed by atoms with Crippen LogP contribution in [0.3, 0.4) is 0 Å². The van der Waals surface area contributed by atoms with Gasteiger partial charge in [0.05, 0.1) is 11.0 Å². The zero-order valence-corrected chi connectivity index (χ0v) is 13.0. The molecule has 3 aromatic rings. The summed E-state index contributed by atoms with van der Waals surface area (Å²) in [5, 5.41) is 3.52. The van der Waals surface area contributed by atoms with Crippen molar-refractivity contribution in [3.8, 4) is 0 Å². The van der Waals surface area contributed by atoms with E-state index in [-0.39, 0.29) is 6.04 Å². The van der Waals surface area contributed by atoms with E-state index in [4.69, 9.17) is 0 Å². The van der Waals surface area contributed by atoms with Crippen LogP contribution in [-0.4, -0.2) is 9.97 Å². The van der Waals surface area contributed by atoms with Gasteiger partial charge in [-0.1, -0.05) is 34.1 Å². The molecule has 20 heavy (non-hydrogen) atoms. The Morgan fingerprint density at radius 1 is 1.20 bits per heavy atom. The molecule has 0 radical (unpaired) electrons. The number of aromatic nitrogens is 2. The SMILES string of the molecule is Cc1nc2ccc(NC(C)c3ccccc3Br)cc2[nH]1. The minimum absolute atomic E-state index is 0.229. The number of benzene rings is 2. The van der Waals surface area contributed by atoms with Crippen LogP contribution in [0.25, 0.3) is 11.0 Å². The highest BCUT2D eigenvalue weighted by Gasteiger charge is 2.09. The molecule has 1 aromatic heterocycles. The number of hydrogen-bond acceptors (Lipinski definition) is 2. The molecule has 1 atom stereocenters. The summed E-state index contributed by atoms with van der Waals surface area (Å²) < 4.78 is 1.12. The first-order valence-corrected chi connectivity index (χ1v) is 7.40. The predicted molar refractivity (Wildman–Crippen MR) is 87.0 cm³/mol. The van der Waals surface area contributed by atoms with E-state index in [1.807, 2.05) is 19.1 Å². The highest BCUT2D eigenvalue weighted by molar-refractivity contribution is 9.10. The maximum Gasteiger partial charge on any atom is 0.104 e. The quantitative estimate of drug-likeness (QED) is 0.724. The van der Waals surface area contributed by atoms with Gasteiger partial charge in [0.1, 0.15) is 5.82 Å². The Balaban J connectivity index is 1.87. The van der Waals surface area contributed by atoms with Crippen LogP contribution in [0.2, 0.25) is 0 Å². The number of nitrogens with one attached hydrogen (secondary N) is 2. The number of imidazole rings is 1. The van der Waals surface area contributed by atoms with Crippen LogP contribution in [-0.2, 0) is 0 Å². The summed E-state index contributed by atoms with van der Waals surface area (Å²) in [6.45, 7) is 4.12. The fraction of sp³-hybridized carbons (Fsp3) is 0.188. The average Bonchev–Trinajstić information content (AvgIpc) is 2.78. The molecule has 4 heteroatoms. The summed E-state index contributed by atoms with van der Waals surface area (Å²) in [7, 11) is 0. The number of H-pyrrole nitrogens is 1. The van der Waals surface area contributed by atoms with Gasteiger partial charge in [-0.2, -0.15) is 0 Å². The van der Waals surface area contributed by atoms with Gasteiger partial charge in [-0.05, 0) is 43.7 Å². The van der Waals surface area contributed by atoms with Gasteiger partial charge >= 0.3 is 0 Å². The molecule has 0 aliphatic heterocycles. The van der Waals surface area contributed by atoms with Crippen molar-refractivity contribution >= 4 is 32.7 Å². The van der Waals surface area contributed by atoms with Crippen molar-refractivity contribution in [1.29, 1.82) is 0 Å². The molecule has 0 aliphatic carbocycles. The molecule has 0 fully saturated rings. The molecule has 0 saturated heterocycles. The highest BCUT2D eigenvalue weighted by atomic mass is 79.9. The van der Waals surface area contributed by atoms with Crippen LogP contribution < -0.4 is 5.32 Å². The van der Waals surface area contributed by atoms with Crippen molar-refractivity contribution in [1.82, 2.24) is 9.97 Å². The predicted octanol–water partition coefficient (Wildman–Crippen LogP) is 4.81. The van der Waals surface area contributed by atoms with Crippen molar-refractivity contribution in [2.45, 2.75) is 19.9 Å². The number of aromatic amines is 1. The largest absolute Gasteiger partial charge is 0.378 e. The molecule has 0 bridgehead atoms. The third-order valence-corrected chi connectivity index (χ3v) is 4.08.